The average Bonchev–Trinajstić information content (AvgIpc) is 2.73. The van der Waals surface area contributed by atoms with Crippen molar-refractivity contribution in [3.63, 3.8) is 0 Å². The van der Waals surface area contributed by atoms with E-state index in [0.29, 0.717) is 36.9 Å². The number of rotatable bonds is 6. The van der Waals surface area contributed by atoms with E-state index >= 15 is 0 Å². The molecule has 1 unspecified atom stereocenters. The summed E-state index contributed by atoms with van der Waals surface area (Å²) in [6.07, 6.45) is 2.97. The van der Waals surface area contributed by atoms with Crippen molar-refractivity contribution >= 4 is 11.6 Å². The predicted molar refractivity (Wildman–Crippen MR) is 75.9 cm³/mol. The molecule has 4 heteroatoms. The maximum Gasteiger partial charge on any atom is 0.223 e. The molecule has 1 amide bonds. The Morgan fingerprint density at radius 3 is 2.95 bits per heavy atom. The summed E-state index contributed by atoms with van der Waals surface area (Å²) in [6.45, 7) is 4.18. The lowest BCUT2D eigenvalue weighted by Gasteiger charge is -2.17. The lowest BCUT2D eigenvalue weighted by Crippen LogP contribution is -2.30. The Bertz CT molecular complexity index is 434. The third-order valence-corrected chi connectivity index (χ3v) is 3.53. The summed E-state index contributed by atoms with van der Waals surface area (Å²) in [5.74, 6) is 1.47. The van der Waals surface area contributed by atoms with Gasteiger partial charge in [0.05, 0.1) is 12.2 Å². The van der Waals surface area contributed by atoms with Crippen LogP contribution in [0.25, 0.3) is 0 Å². The fourth-order valence-corrected chi connectivity index (χ4v) is 2.55. The molecule has 2 rings (SSSR count). The van der Waals surface area contributed by atoms with Gasteiger partial charge in [-0.15, -0.1) is 0 Å². The second-order valence-corrected chi connectivity index (χ2v) is 5.08. The van der Waals surface area contributed by atoms with Gasteiger partial charge in [-0.05, 0) is 24.5 Å². The number of amides is 1. The van der Waals surface area contributed by atoms with Crippen molar-refractivity contribution in [3.8, 4) is 5.75 Å². The summed E-state index contributed by atoms with van der Waals surface area (Å²) in [6, 6.07) is 7.43. The van der Waals surface area contributed by atoms with Crippen molar-refractivity contribution < 1.29 is 9.53 Å². The van der Waals surface area contributed by atoms with Crippen molar-refractivity contribution in [2.45, 2.75) is 26.2 Å². The number of carbonyl (C=O) groups is 1. The molecule has 0 aliphatic carbocycles. The van der Waals surface area contributed by atoms with Gasteiger partial charge in [0.25, 0.3) is 0 Å². The number of likely N-dealkylation sites (tertiary alicyclic amines) is 1. The molecule has 0 saturated carbocycles. The number of hydrogen-bond donors (Lipinski definition) is 1. The Morgan fingerprint density at radius 1 is 1.42 bits per heavy atom. The van der Waals surface area contributed by atoms with Gasteiger partial charge in [0, 0.05) is 13.0 Å². The molecule has 4 nitrogen and oxygen atoms in total. The number of nitrogen functional groups attached to an aromatic ring is 1. The normalized spacial score (nSPS) is 18.9. The molecule has 1 fully saturated rings. The number of nitrogens with zero attached hydrogens (tertiary/aromatic N) is 1. The van der Waals surface area contributed by atoms with Gasteiger partial charge < -0.3 is 15.4 Å². The summed E-state index contributed by atoms with van der Waals surface area (Å²) in [7, 11) is 0. The number of carbonyl (C=O) groups excluding carboxylic acids is 1. The maximum atomic E-state index is 11.8. The van der Waals surface area contributed by atoms with E-state index in [1.165, 1.54) is 0 Å². The zero-order valence-corrected chi connectivity index (χ0v) is 11.5. The fraction of sp³-hybridized carbons (Fsp3) is 0.533. The lowest BCUT2D eigenvalue weighted by molar-refractivity contribution is -0.128. The molecule has 0 bridgehead atoms. The third kappa shape index (κ3) is 3.63. The van der Waals surface area contributed by atoms with Gasteiger partial charge in [0.1, 0.15) is 12.4 Å². The van der Waals surface area contributed by atoms with Gasteiger partial charge in [-0.1, -0.05) is 25.5 Å². The molecule has 1 heterocycles. The van der Waals surface area contributed by atoms with Crippen LogP contribution in [0.3, 0.4) is 0 Å². The zero-order chi connectivity index (χ0) is 13.7. The number of hydrogen-bond acceptors (Lipinski definition) is 3. The number of anilines is 1. The monoisotopic (exact) mass is 262 g/mol. The molecule has 1 aromatic rings. The molecule has 1 saturated heterocycles. The first kappa shape index (κ1) is 13.7. The Balaban J connectivity index is 1.77. The first-order valence-corrected chi connectivity index (χ1v) is 6.95. The van der Waals surface area contributed by atoms with Crippen molar-refractivity contribution in [1.82, 2.24) is 4.90 Å². The number of nitrogens with two attached hydrogens (primary N) is 1. The Morgan fingerprint density at radius 2 is 2.21 bits per heavy atom. The van der Waals surface area contributed by atoms with Gasteiger partial charge in [0.2, 0.25) is 5.91 Å². The van der Waals surface area contributed by atoms with Gasteiger partial charge in [0.15, 0.2) is 0 Å². The standard InChI is InChI=1S/C15H22N2O2/c1-2-5-12-10-15(18)17(11-12)8-9-19-14-7-4-3-6-13(14)16/h3-4,6-7,12H,2,5,8-11,16H2,1H3. The fourth-order valence-electron chi connectivity index (χ4n) is 2.55. The van der Waals surface area contributed by atoms with Gasteiger partial charge >= 0.3 is 0 Å². The van der Waals surface area contributed by atoms with Crippen molar-refractivity contribution in [2.75, 3.05) is 25.4 Å². The van der Waals surface area contributed by atoms with Crippen LogP contribution in [0.2, 0.25) is 0 Å². The van der Waals surface area contributed by atoms with Crippen molar-refractivity contribution in [1.29, 1.82) is 0 Å². The highest BCUT2D eigenvalue weighted by atomic mass is 16.5. The number of ether oxygens (including phenoxy) is 1. The van der Waals surface area contributed by atoms with Crippen LogP contribution in [0.4, 0.5) is 5.69 Å². The van der Waals surface area contributed by atoms with E-state index < -0.39 is 0 Å². The van der Waals surface area contributed by atoms with Crippen LogP contribution < -0.4 is 10.5 Å². The quantitative estimate of drug-likeness (QED) is 0.800. The van der Waals surface area contributed by atoms with E-state index in [4.69, 9.17) is 10.5 Å². The number of para-hydroxylation sites is 2. The smallest absolute Gasteiger partial charge is 0.223 e. The minimum atomic E-state index is 0.253. The van der Waals surface area contributed by atoms with Crippen LogP contribution >= 0.6 is 0 Å². The highest BCUT2D eigenvalue weighted by Crippen LogP contribution is 2.23. The highest BCUT2D eigenvalue weighted by Gasteiger charge is 2.28. The first-order valence-electron chi connectivity index (χ1n) is 6.95. The van der Waals surface area contributed by atoms with E-state index in [1.54, 1.807) is 0 Å². The Hall–Kier alpha value is -1.71. The molecular formula is C15H22N2O2. The van der Waals surface area contributed by atoms with Crippen LogP contribution in [0.5, 0.6) is 5.75 Å². The second kappa shape index (κ2) is 6.45. The van der Waals surface area contributed by atoms with E-state index in [-0.39, 0.29) is 5.91 Å². The van der Waals surface area contributed by atoms with E-state index in [2.05, 4.69) is 6.92 Å². The predicted octanol–water partition coefficient (Wildman–Crippen LogP) is 2.30. The summed E-state index contributed by atoms with van der Waals surface area (Å²) >= 11 is 0. The summed E-state index contributed by atoms with van der Waals surface area (Å²) < 4.78 is 5.62. The minimum absolute atomic E-state index is 0.253. The molecule has 1 aromatic carbocycles. The molecule has 1 aliphatic rings. The van der Waals surface area contributed by atoms with Gasteiger partial charge in [-0.2, -0.15) is 0 Å². The first-order chi connectivity index (χ1) is 9.20. The second-order valence-electron chi connectivity index (χ2n) is 5.08. The molecule has 2 N–H and O–H groups in total. The van der Waals surface area contributed by atoms with Crippen LogP contribution in [0, 0.1) is 5.92 Å². The highest BCUT2D eigenvalue weighted by molar-refractivity contribution is 5.78. The summed E-state index contributed by atoms with van der Waals surface area (Å²) in [4.78, 5) is 13.7. The average molecular weight is 262 g/mol. The molecule has 0 aromatic heterocycles. The SMILES string of the molecule is CCCC1CC(=O)N(CCOc2ccccc2N)C1. The summed E-state index contributed by atoms with van der Waals surface area (Å²) in [5, 5.41) is 0. The summed E-state index contributed by atoms with van der Waals surface area (Å²) in [5.41, 5.74) is 6.44. The van der Waals surface area contributed by atoms with Gasteiger partial charge in [-0.25, -0.2) is 0 Å². The molecule has 1 aliphatic heterocycles. The van der Waals surface area contributed by atoms with E-state index in [9.17, 15) is 4.79 Å². The van der Waals surface area contributed by atoms with Crippen molar-refractivity contribution in [2.24, 2.45) is 5.92 Å². The molecule has 104 valence electrons. The Labute approximate surface area is 114 Å². The molecule has 19 heavy (non-hydrogen) atoms. The lowest BCUT2D eigenvalue weighted by atomic mass is 10.0. The maximum absolute atomic E-state index is 11.8. The largest absolute Gasteiger partial charge is 0.490 e. The Kier molecular flexibility index (Phi) is 4.66. The number of benzene rings is 1. The van der Waals surface area contributed by atoms with E-state index in [0.717, 1.165) is 19.4 Å². The van der Waals surface area contributed by atoms with Crippen LogP contribution in [0.1, 0.15) is 26.2 Å². The molecule has 0 radical (unpaired) electrons. The topological polar surface area (TPSA) is 55.6 Å². The molecule has 0 spiro atoms. The van der Waals surface area contributed by atoms with Gasteiger partial charge in [-0.3, -0.25) is 4.79 Å². The van der Waals surface area contributed by atoms with Crippen LogP contribution in [0.15, 0.2) is 24.3 Å². The van der Waals surface area contributed by atoms with Crippen LogP contribution in [-0.4, -0.2) is 30.5 Å². The molecule has 1 atom stereocenters. The zero-order valence-electron chi connectivity index (χ0n) is 11.5. The minimum Gasteiger partial charge on any atom is -0.490 e. The third-order valence-electron chi connectivity index (χ3n) is 3.53. The van der Waals surface area contributed by atoms with E-state index in [1.807, 2.05) is 29.2 Å². The molecular weight excluding hydrogens is 240 g/mol. The van der Waals surface area contributed by atoms with Crippen molar-refractivity contribution in [3.05, 3.63) is 24.3 Å². The van der Waals surface area contributed by atoms with Crippen LogP contribution in [-0.2, 0) is 4.79 Å².